The summed E-state index contributed by atoms with van der Waals surface area (Å²) in [5, 5.41) is 5.83. The summed E-state index contributed by atoms with van der Waals surface area (Å²) >= 11 is 1.18. The number of carbonyl (C=O) groups is 1. The van der Waals surface area contributed by atoms with E-state index < -0.39 is 17.4 Å². The topological polar surface area (TPSA) is 46.3 Å². The van der Waals surface area contributed by atoms with Gasteiger partial charge in [0.2, 0.25) is 0 Å². The minimum atomic E-state index is -4.65. The van der Waals surface area contributed by atoms with Gasteiger partial charge in [-0.05, 0) is 24.6 Å². The van der Waals surface area contributed by atoms with Gasteiger partial charge in [-0.25, -0.2) is 0 Å². The van der Waals surface area contributed by atoms with Crippen molar-refractivity contribution in [3.8, 4) is 5.75 Å². The van der Waals surface area contributed by atoms with Crippen molar-refractivity contribution in [3.63, 3.8) is 0 Å². The van der Waals surface area contributed by atoms with E-state index in [0.29, 0.717) is 22.0 Å². The zero-order valence-electron chi connectivity index (χ0n) is 15.4. The summed E-state index contributed by atoms with van der Waals surface area (Å²) in [6.45, 7) is 2.14. The van der Waals surface area contributed by atoms with E-state index in [2.05, 4.69) is 5.10 Å². The predicted octanol–water partition coefficient (Wildman–Crippen LogP) is 4.62. The molecule has 9 heteroatoms. The highest BCUT2D eigenvalue weighted by atomic mass is 32.1. The molecule has 0 saturated heterocycles. The normalized spacial score (nSPS) is 12.1. The molecule has 0 aliphatic carbocycles. The van der Waals surface area contributed by atoms with Crippen LogP contribution in [0.3, 0.4) is 0 Å². The smallest absolute Gasteiger partial charge is 0.432 e. The van der Waals surface area contributed by atoms with Gasteiger partial charge in [0.25, 0.3) is 0 Å². The first kappa shape index (κ1) is 19.9. The Morgan fingerprint density at radius 2 is 2.07 bits per heavy atom. The molecule has 0 atom stereocenters. The molecule has 148 valence electrons. The van der Waals surface area contributed by atoms with E-state index in [0.717, 1.165) is 9.96 Å². The first-order valence-electron chi connectivity index (χ1n) is 8.29. The lowest BCUT2D eigenvalue weighted by Crippen LogP contribution is -2.12. The second-order valence-corrected chi connectivity index (χ2v) is 7.46. The van der Waals surface area contributed by atoms with Crippen molar-refractivity contribution in [1.29, 1.82) is 0 Å². The number of rotatable bonds is 6. The van der Waals surface area contributed by atoms with Gasteiger partial charge in [-0.15, -0.1) is 11.3 Å². The molecule has 0 radical (unpaired) electrons. The number of carbonyl (C=O) groups excluding carboxylic acids is 1. The maximum absolute atomic E-state index is 13.5. The van der Waals surface area contributed by atoms with Crippen LogP contribution in [0, 0.1) is 6.92 Å². The number of alkyl halides is 3. The second kappa shape index (κ2) is 7.67. The number of hydrogen-bond acceptors (Lipinski definition) is 5. The van der Waals surface area contributed by atoms with E-state index in [1.54, 1.807) is 26.1 Å². The molecular weight excluding hydrogens is 391 g/mol. The van der Waals surface area contributed by atoms with Gasteiger partial charge in [0.1, 0.15) is 16.3 Å². The van der Waals surface area contributed by atoms with Crippen molar-refractivity contribution in [2.45, 2.75) is 19.6 Å². The Labute approximate surface area is 163 Å². The SMILES string of the molecule is COc1cccc(CN(C)/N=C\c2c(C=O)c(C(F)(F)F)n3cc(C)sc23)c1. The Morgan fingerprint density at radius 1 is 1.32 bits per heavy atom. The van der Waals surface area contributed by atoms with Gasteiger partial charge in [-0.3, -0.25) is 9.80 Å². The highest BCUT2D eigenvalue weighted by molar-refractivity contribution is 7.17. The van der Waals surface area contributed by atoms with Crippen LogP contribution < -0.4 is 4.74 Å². The van der Waals surface area contributed by atoms with Crippen LogP contribution in [0.15, 0.2) is 35.6 Å². The van der Waals surface area contributed by atoms with Crippen LogP contribution in [0.5, 0.6) is 5.75 Å². The number of benzene rings is 1. The molecule has 2 aromatic heterocycles. The van der Waals surface area contributed by atoms with Gasteiger partial charge in [-0.2, -0.15) is 18.3 Å². The second-order valence-electron chi connectivity index (χ2n) is 6.22. The van der Waals surface area contributed by atoms with Crippen LogP contribution in [-0.4, -0.2) is 36.1 Å². The molecule has 0 amide bonds. The number of ether oxygens (including phenoxy) is 1. The zero-order valence-corrected chi connectivity index (χ0v) is 16.3. The number of hydrogen-bond donors (Lipinski definition) is 0. The van der Waals surface area contributed by atoms with Gasteiger partial charge in [0, 0.05) is 23.7 Å². The van der Waals surface area contributed by atoms with Gasteiger partial charge in [-0.1, -0.05) is 12.1 Å². The number of halogens is 3. The molecule has 3 rings (SSSR count). The van der Waals surface area contributed by atoms with Gasteiger partial charge in [0.15, 0.2) is 6.29 Å². The maximum Gasteiger partial charge on any atom is 0.432 e. The molecule has 2 heterocycles. The van der Waals surface area contributed by atoms with Crippen molar-refractivity contribution in [1.82, 2.24) is 9.41 Å². The molecule has 0 fully saturated rings. The molecule has 5 nitrogen and oxygen atoms in total. The number of aromatic nitrogens is 1. The maximum atomic E-state index is 13.5. The highest BCUT2D eigenvalue weighted by Gasteiger charge is 2.39. The fourth-order valence-electron chi connectivity index (χ4n) is 2.96. The largest absolute Gasteiger partial charge is 0.497 e. The molecule has 1 aromatic carbocycles. The minimum absolute atomic E-state index is 0.165. The summed E-state index contributed by atoms with van der Waals surface area (Å²) in [5.74, 6) is 0.705. The number of methoxy groups -OCH3 is 1. The summed E-state index contributed by atoms with van der Waals surface area (Å²) in [7, 11) is 3.27. The van der Waals surface area contributed by atoms with Gasteiger partial charge in [0.05, 0.1) is 25.4 Å². The third-order valence-electron chi connectivity index (χ3n) is 4.12. The third-order valence-corrected chi connectivity index (χ3v) is 5.16. The molecular formula is C19H18F3N3O2S. The molecule has 3 aromatic rings. The average molecular weight is 409 g/mol. The van der Waals surface area contributed by atoms with E-state index in [9.17, 15) is 18.0 Å². The molecule has 0 unspecified atom stereocenters. The van der Waals surface area contributed by atoms with E-state index in [1.807, 2.05) is 24.3 Å². The Balaban J connectivity index is 1.95. The number of thiazole rings is 1. The fraction of sp³-hybridized carbons (Fsp3) is 0.263. The summed E-state index contributed by atoms with van der Waals surface area (Å²) in [6.07, 6.45) is -1.72. The van der Waals surface area contributed by atoms with Crippen LogP contribution in [0.25, 0.3) is 4.83 Å². The van der Waals surface area contributed by atoms with E-state index in [1.165, 1.54) is 23.7 Å². The number of hydrazone groups is 1. The summed E-state index contributed by atoms with van der Waals surface area (Å²) < 4.78 is 46.7. The molecule has 0 bridgehead atoms. The summed E-state index contributed by atoms with van der Waals surface area (Å²) in [5.41, 5.74) is -0.284. The van der Waals surface area contributed by atoms with Crippen LogP contribution in [0.2, 0.25) is 0 Å². The minimum Gasteiger partial charge on any atom is -0.497 e. The monoisotopic (exact) mass is 409 g/mol. The van der Waals surface area contributed by atoms with Crippen molar-refractivity contribution in [3.05, 3.63) is 57.7 Å². The Hall–Kier alpha value is -2.81. The third kappa shape index (κ3) is 3.89. The number of fused-ring (bicyclic) bond motifs is 1. The lowest BCUT2D eigenvalue weighted by atomic mass is 10.1. The first-order chi connectivity index (χ1) is 13.2. The standard InChI is InChI=1S/C19H18F3N3O2S/c1-12-9-25-17(19(20,21)22)16(11-26)15(18(25)28-12)8-23-24(2)10-13-5-4-6-14(7-13)27-3/h4-9,11H,10H2,1-3H3/b23-8-. The van der Waals surface area contributed by atoms with E-state index >= 15 is 0 Å². The van der Waals surface area contributed by atoms with Crippen molar-refractivity contribution < 1.29 is 22.7 Å². The molecule has 28 heavy (non-hydrogen) atoms. The average Bonchev–Trinajstić information content (AvgIpc) is 3.13. The lowest BCUT2D eigenvalue weighted by molar-refractivity contribution is -0.141. The van der Waals surface area contributed by atoms with Crippen LogP contribution in [-0.2, 0) is 12.7 Å². The van der Waals surface area contributed by atoms with Gasteiger partial charge < -0.3 is 9.14 Å². The van der Waals surface area contributed by atoms with Crippen molar-refractivity contribution in [2.24, 2.45) is 5.10 Å². The summed E-state index contributed by atoms with van der Waals surface area (Å²) in [4.78, 5) is 12.5. The van der Waals surface area contributed by atoms with Gasteiger partial charge >= 0.3 is 6.18 Å². The molecule has 0 N–H and O–H groups in total. The van der Waals surface area contributed by atoms with Crippen LogP contribution >= 0.6 is 11.3 Å². The lowest BCUT2D eigenvalue weighted by Gasteiger charge is -2.13. The molecule has 0 aliphatic rings. The van der Waals surface area contributed by atoms with E-state index in [-0.39, 0.29) is 11.8 Å². The predicted molar refractivity (Wildman–Crippen MR) is 102 cm³/mol. The number of aryl methyl sites for hydroxylation is 1. The van der Waals surface area contributed by atoms with Crippen molar-refractivity contribution in [2.75, 3.05) is 14.2 Å². The number of aldehydes is 1. The number of nitrogens with zero attached hydrogens (tertiary/aromatic N) is 3. The summed E-state index contributed by atoms with van der Waals surface area (Å²) in [6, 6.07) is 7.41. The molecule has 0 saturated carbocycles. The van der Waals surface area contributed by atoms with Crippen molar-refractivity contribution >= 4 is 28.7 Å². The Morgan fingerprint density at radius 3 is 2.71 bits per heavy atom. The molecule has 0 aliphatic heterocycles. The highest BCUT2D eigenvalue weighted by Crippen LogP contribution is 2.38. The Kier molecular flexibility index (Phi) is 5.46. The first-order valence-corrected chi connectivity index (χ1v) is 9.11. The quantitative estimate of drug-likeness (QED) is 0.339. The molecule has 0 spiro atoms. The Bertz CT molecular complexity index is 1040. The van der Waals surface area contributed by atoms with Crippen LogP contribution in [0.1, 0.15) is 32.1 Å². The fourth-order valence-corrected chi connectivity index (χ4v) is 3.94. The van der Waals surface area contributed by atoms with Crippen LogP contribution in [0.4, 0.5) is 13.2 Å². The van der Waals surface area contributed by atoms with E-state index in [4.69, 9.17) is 4.74 Å². The zero-order chi connectivity index (χ0) is 20.5.